The molecule has 1 amide bonds. The van der Waals surface area contributed by atoms with Crippen LogP contribution in [0.1, 0.15) is 87.5 Å². The Hall–Kier alpha value is -2.95. The molecule has 35 heavy (non-hydrogen) atoms. The van der Waals surface area contributed by atoms with Crippen molar-refractivity contribution in [3.8, 4) is 22.6 Å². The number of benzene rings is 2. The Bertz CT molecular complexity index is 1050. The smallest absolute Gasteiger partial charge is 0.410 e. The molecule has 2 aromatic rings. The molecule has 1 aliphatic rings. The van der Waals surface area contributed by atoms with Gasteiger partial charge in [-0.3, -0.25) is 0 Å². The zero-order valence-corrected chi connectivity index (χ0v) is 21.8. The Labute approximate surface area is 210 Å². The normalized spacial score (nSPS) is 14.1. The summed E-state index contributed by atoms with van der Waals surface area (Å²) in [6.45, 7) is 10.3. The highest BCUT2D eigenvalue weighted by Gasteiger charge is 2.25. The van der Waals surface area contributed by atoms with Gasteiger partial charge in [0, 0.05) is 12.6 Å². The largest absolute Gasteiger partial charge is 0.507 e. The lowest BCUT2D eigenvalue weighted by atomic mass is 9.89. The standard InChI is InChI=1S/C30H41NO4/c1-6-7-9-12-22-18-27(32)28(25-17-21(4)15-16-24(25)20(2)3)29(33)26(22)19-31(5)30(34)35-23-13-10-8-11-14-23/h15-18,23,32-33H,2,6-14,19H2,1,3-5H3. The molecule has 0 unspecified atom stereocenters. The van der Waals surface area contributed by atoms with E-state index in [2.05, 4.69) is 13.5 Å². The topological polar surface area (TPSA) is 70.0 Å². The number of nitrogens with zero attached hydrogens (tertiary/aromatic N) is 1. The summed E-state index contributed by atoms with van der Waals surface area (Å²) < 4.78 is 5.75. The number of aryl methyl sites for hydroxylation is 2. The van der Waals surface area contributed by atoms with E-state index in [1.54, 1.807) is 13.1 Å². The van der Waals surface area contributed by atoms with Gasteiger partial charge in [-0.05, 0) is 75.1 Å². The molecular formula is C30H41NO4. The van der Waals surface area contributed by atoms with Crippen molar-refractivity contribution in [2.75, 3.05) is 7.05 Å². The van der Waals surface area contributed by atoms with E-state index in [1.165, 1.54) is 11.3 Å². The van der Waals surface area contributed by atoms with Gasteiger partial charge in [0.2, 0.25) is 0 Å². The Morgan fingerprint density at radius 3 is 2.51 bits per heavy atom. The predicted octanol–water partition coefficient (Wildman–Crippen LogP) is 7.74. The van der Waals surface area contributed by atoms with E-state index in [9.17, 15) is 15.0 Å². The Morgan fingerprint density at radius 2 is 1.86 bits per heavy atom. The number of phenols is 2. The third kappa shape index (κ3) is 6.59. The highest BCUT2D eigenvalue weighted by Crippen LogP contribution is 2.45. The monoisotopic (exact) mass is 479 g/mol. The first kappa shape index (κ1) is 26.7. The molecular weight excluding hydrogens is 438 g/mol. The summed E-state index contributed by atoms with van der Waals surface area (Å²) in [6, 6.07) is 7.68. The third-order valence-electron chi connectivity index (χ3n) is 6.96. The number of amides is 1. The average molecular weight is 480 g/mol. The van der Waals surface area contributed by atoms with Crippen LogP contribution in [0.3, 0.4) is 0 Å². The Balaban J connectivity index is 2.00. The summed E-state index contributed by atoms with van der Waals surface area (Å²) in [6.07, 6.45) is 8.59. The highest BCUT2D eigenvalue weighted by atomic mass is 16.6. The van der Waals surface area contributed by atoms with Gasteiger partial charge in [0.05, 0.1) is 12.1 Å². The van der Waals surface area contributed by atoms with Crippen LogP contribution >= 0.6 is 0 Å². The van der Waals surface area contributed by atoms with Gasteiger partial charge < -0.3 is 19.8 Å². The fourth-order valence-corrected chi connectivity index (χ4v) is 4.93. The number of unbranched alkanes of at least 4 members (excludes halogenated alkanes) is 2. The Morgan fingerprint density at radius 1 is 1.14 bits per heavy atom. The van der Waals surface area contributed by atoms with Crippen molar-refractivity contribution in [1.82, 2.24) is 4.90 Å². The van der Waals surface area contributed by atoms with E-state index in [0.29, 0.717) is 11.1 Å². The maximum absolute atomic E-state index is 12.9. The zero-order valence-electron chi connectivity index (χ0n) is 21.8. The fourth-order valence-electron chi connectivity index (χ4n) is 4.93. The van der Waals surface area contributed by atoms with Gasteiger partial charge in [0.1, 0.15) is 17.6 Å². The van der Waals surface area contributed by atoms with Crippen LogP contribution in [0.2, 0.25) is 0 Å². The maximum Gasteiger partial charge on any atom is 0.410 e. The molecule has 0 aliphatic heterocycles. The lowest BCUT2D eigenvalue weighted by molar-refractivity contribution is 0.0496. The van der Waals surface area contributed by atoms with E-state index >= 15 is 0 Å². The van der Waals surface area contributed by atoms with Gasteiger partial charge in [-0.15, -0.1) is 0 Å². The first-order chi connectivity index (χ1) is 16.7. The van der Waals surface area contributed by atoms with Gasteiger partial charge >= 0.3 is 6.09 Å². The number of phenolic OH excluding ortho intramolecular Hbond substituents is 2. The highest BCUT2D eigenvalue weighted by molar-refractivity contribution is 5.87. The van der Waals surface area contributed by atoms with Crippen molar-refractivity contribution < 1.29 is 19.7 Å². The fraction of sp³-hybridized carbons (Fsp3) is 0.500. The number of hydrogen-bond donors (Lipinski definition) is 2. The predicted molar refractivity (Wildman–Crippen MR) is 143 cm³/mol. The van der Waals surface area contributed by atoms with E-state index in [-0.39, 0.29) is 30.2 Å². The molecule has 0 heterocycles. The first-order valence-corrected chi connectivity index (χ1v) is 13.0. The average Bonchev–Trinajstić information content (AvgIpc) is 2.82. The molecule has 0 radical (unpaired) electrons. The van der Waals surface area contributed by atoms with E-state index in [0.717, 1.165) is 79.2 Å². The number of ether oxygens (including phenoxy) is 1. The molecule has 2 N–H and O–H groups in total. The molecule has 0 aromatic heterocycles. The summed E-state index contributed by atoms with van der Waals surface area (Å²) in [5, 5.41) is 22.6. The summed E-state index contributed by atoms with van der Waals surface area (Å²) in [5.41, 5.74) is 5.38. The molecule has 1 saturated carbocycles. The minimum absolute atomic E-state index is 0.0157. The maximum atomic E-state index is 12.9. The second-order valence-electron chi connectivity index (χ2n) is 10.0. The van der Waals surface area contributed by atoms with Crippen LogP contribution in [0, 0.1) is 6.92 Å². The second-order valence-corrected chi connectivity index (χ2v) is 10.0. The minimum atomic E-state index is -0.372. The van der Waals surface area contributed by atoms with Gasteiger partial charge in [-0.1, -0.05) is 62.1 Å². The first-order valence-electron chi connectivity index (χ1n) is 13.0. The number of hydrogen-bond acceptors (Lipinski definition) is 4. The lowest BCUT2D eigenvalue weighted by Crippen LogP contribution is -2.32. The minimum Gasteiger partial charge on any atom is -0.507 e. The van der Waals surface area contributed by atoms with E-state index < -0.39 is 0 Å². The van der Waals surface area contributed by atoms with Crippen LogP contribution < -0.4 is 0 Å². The molecule has 0 bridgehead atoms. The molecule has 3 rings (SSSR count). The van der Waals surface area contributed by atoms with Crippen molar-refractivity contribution >= 4 is 11.7 Å². The van der Waals surface area contributed by atoms with Crippen molar-refractivity contribution in [2.45, 2.75) is 91.2 Å². The second kappa shape index (κ2) is 12.1. The molecule has 1 aliphatic carbocycles. The van der Waals surface area contributed by atoms with Gasteiger partial charge in [-0.2, -0.15) is 0 Å². The van der Waals surface area contributed by atoms with Crippen molar-refractivity contribution in [1.29, 1.82) is 0 Å². The van der Waals surface area contributed by atoms with E-state index in [4.69, 9.17) is 4.74 Å². The van der Waals surface area contributed by atoms with Gasteiger partial charge in [-0.25, -0.2) is 4.79 Å². The van der Waals surface area contributed by atoms with Crippen LogP contribution in [-0.2, 0) is 17.7 Å². The third-order valence-corrected chi connectivity index (χ3v) is 6.96. The number of carbonyl (C=O) groups is 1. The number of aromatic hydroxyl groups is 2. The summed E-state index contributed by atoms with van der Waals surface area (Å²) in [7, 11) is 1.71. The molecule has 0 atom stereocenters. The van der Waals surface area contributed by atoms with Crippen molar-refractivity contribution in [3.05, 3.63) is 53.1 Å². The quantitative estimate of drug-likeness (QED) is 0.361. The summed E-state index contributed by atoms with van der Waals surface area (Å²) >= 11 is 0. The summed E-state index contributed by atoms with van der Waals surface area (Å²) in [5.74, 6) is 0.0557. The van der Waals surface area contributed by atoms with Gasteiger partial charge in [0.15, 0.2) is 0 Å². The molecule has 5 nitrogen and oxygen atoms in total. The summed E-state index contributed by atoms with van der Waals surface area (Å²) in [4.78, 5) is 14.4. The number of carbonyl (C=O) groups excluding carboxylic acids is 1. The molecule has 5 heteroatoms. The zero-order chi connectivity index (χ0) is 25.5. The SMILES string of the molecule is C=C(C)c1ccc(C)cc1-c1c(O)cc(CCCCC)c(CN(C)C(=O)OC2CCCCC2)c1O. The number of rotatable bonds is 9. The van der Waals surface area contributed by atoms with Crippen molar-refractivity contribution in [3.63, 3.8) is 0 Å². The molecule has 0 saturated heterocycles. The molecule has 2 aromatic carbocycles. The molecule has 1 fully saturated rings. The van der Waals surface area contributed by atoms with Crippen LogP contribution in [0.4, 0.5) is 4.79 Å². The Kier molecular flexibility index (Phi) is 9.25. The number of allylic oxidation sites excluding steroid dienone is 1. The van der Waals surface area contributed by atoms with Crippen molar-refractivity contribution in [2.24, 2.45) is 0 Å². The lowest BCUT2D eigenvalue weighted by Gasteiger charge is -2.26. The van der Waals surface area contributed by atoms with Crippen LogP contribution in [0.15, 0.2) is 30.8 Å². The molecule has 0 spiro atoms. The van der Waals surface area contributed by atoms with Crippen LogP contribution in [-0.4, -0.2) is 34.4 Å². The van der Waals surface area contributed by atoms with Gasteiger partial charge in [0.25, 0.3) is 0 Å². The molecule has 190 valence electrons. The van der Waals surface area contributed by atoms with E-state index in [1.807, 2.05) is 32.0 Å². The van der Waals surface area contributed by atoms with Crippen LogP contribution in [0.25, 0.3) is 16.7 Å². The van der Waals surface area contributed by atoms with Crippen LogP contribution in [0.5, 0.6) is 11.5 Å².